The van der Waals surface area contributed by atoms with E-state index in [0.29, 0.717) is 0 Å². The summed E-state index contributed by atoms with van der Waals surface area (Å²) in [5.41, 5.74) is 17.8. The quantitative estimate of drug-likeness (QED) is 0.338. The van der Waals surface area contributed by atoms with Crippen molar-refractivity contribution < 1.29 is 4.55 Å². The molecule has 0 amide bonds. The predicted octanol–water partition coefficient (Wildman–Crippen LogP) is 5.20. The van der Waals surface area contributed by atoms with Gasteiger partial charge in [-0.1, -0.05) is 48.5 Å². The summed E-state index contributed by atoms with van der Waals surface area (Å²) in [6, 6.07) is 31.8. The van der Waals surface area contributed by atoms with Crippen LogP contribution < -0.4 is 11.5 Å². The molecule has 150 valence electrons. The standard InChI is InChI=1S/C26H24N2OS/c27-23-9-1-19(2-10-23)17-21-5-13-25(14-6-21)30(29)26-15-7-22(8-16-26)18-20-3-11-24(28)12-4-20/h1-16H,17-18,27-28H2. The van der Waals surface area contributed by atoms with E-state index in [1.54, 1.807) is 0 Å². The second-order valence-corrected chi connectivity index (χ2v) is 8.87. The van der Waals surface area contributed by atoms with Gasteiger partial charge in [0.25, 0.3) is 0 Å². The summed E-state index contributed by atoms with van der Waals surface area (Å²) in [7, 11) is 0. The fourth-order valence-corrected chi connectivity index (χ4v) is 4.38. The Kier molecular flexibility index (Phi) is 6.07. The van der Waals surface area contributed by atoms with Crippen molar-refractivity contribution in [2.45, 2.75) is 22.6 Å². The fraction of sp³-hybridized carbons (Fsp3) is 0.0769. The van der Waals surface area contributed by atoms with Gasteiger partial charge in [0, 0.05) is 22.6 Å². The molecule has 30 heavy (non-hydrogen) atoms. The second kappa shape index (κ2) is 9.08. The average Bonchev–Trinajstić information content (AvgIpc) is 2.77. The molecular weight excluding hydrogens is 388 g/mol. The third-order valence-electron chi connectivity index (χ3n) is 5.05. The lowest BCUT2D eigenvalue weighted by molar-refractivity contribution is 0.595. The molecule has 0 aliphatic heterocycles. The third-order valence-corrected chi connectivity index (χ3v) is 6.45. The zero-order valence-corrected chi connectivity index (χ0v) is 17.4. The van der Waals surface area contributed by atoms with Crippen LogP contribution in [0.15, 0.2) is 107 Å². The van der Waals surface area contributed by atoms with E-state index in [1.165, 1.54) is 22.3 Å². The van der Waals surface area contributed by atoms with Crippen molar-refractivity contribution in [2.24, 2.45) is 0 Å². The van der Waals surface area contributed by atoms with Crippen LogP contribution in [0.5, 0.6) is 0 Å². The van der Waals surface area contributed by atoms with Crippen molar-refractivity contribution >= 4 is 22.6 Å². The Labute approximate surface area is 180 Å². The van der Waals surface area contributed by atoms with Crippen molar-refractivity contribution in [3.8, 4) is 0 Å². The number of anilines is 2. The van der Waals surface area contributed by atoms with Crippen molar-refractivity contribution in [1.29, 1.82) is 0 Å². The summed E-state index contributed by atoms with van der Waals surface area (Å²) >= 11 is -1.20. The normalized spacial score (nSPS) is 11.0. The Bertz CT molecular complexity index is 999. The van der Waals surface area contributed by atoms with Crippen molar-refractivity contribution in [3.05, 3.63) is 119 Å². The molecule has 0 spiro atoms. The van der Waals surface area contributed by atoms with Gasteiger partial charge in [-0.15, -0.1) is 0 Å². The van der Waals surface area contributed by atoms with Gasteiger partial charge < -0.3 is 16.0 Å². The van der Waals surface area contributed by atoms with Crippen LogP contribution in [0.2, 0.25) is 0 Å². The number of nitrogen functional groups attached to an aromatic ring is 2. The molecule has 4 heteroatoms. The Morgan fingerprint density at radius 1 is 0.467 bits per heavy atom. The van der Waals surface area contributed by atoms with Crippen LogP contribution in [0.3, 0.4) is 0 Å². The molecule has 0 fully saturated rings. The maximum atomic E-state index is 12.9. The maximum Gasteiger partial charge on any atom is 0.158 e. The molecule has 0 heterocycles. The van der Waals surface area contributed by atoms with Gasteiger partial charge in [-0.2, -0.15) is 0 Å². The topological polar surface area (TPSA) is 75.1 Å². The number of hydrogen-bond acceptors (Lipinski definition) is 3. The Hall–Kier alpha value is -3.21. The summed E-state index contributed by atoms with van der Waals surface area (Å²) < 4.78 is 12.9. The Morgan fingerprint density at radius 3 is 1.03 bits per heavy atom. The molecule has 0 saturated heterocycles. The van der Waals surface area contributed by atoms with Gasteiger partial charge in [-0.25, -0.2) is 0 Å². The summed E-state index contributed by atoms with van der Waals surface area (Å²) in [6.45, 7) is 0. The molecule has 0 saturated carbocycles. The van der Waals surface area contributed by atoms with Gasteiger partial charge in [0.1, 0.15) is 0 Å². The van der Waals surface area contributed by atoms with Crippen LogP contribution in [0.1, 0.15) is 22.3 Å². The van der Waals surface area contributed by atoms with E-state index >= 15 is 0 Å². The van der Waals surface area contributed by atoms with Crippen LogP contribution in [-0.4, -0.2) is 4.55 Å². The van der Waals surface area contributed by atoms with Crippen LogP contribution >= 0.6 is 0 Å². The lowest BCUT2D eigenvalue weighted by Crippen LogP contribution is -2.02. The Morgan fingerprint density at radius 2 is 0.733 bits per heavy atom. The van der Waals surface area contributed by atoms with Crippen LogP contribution in [0.25, 0.3) is 0 Å². The first-order chi connectivity index (χ1) is 14.6. The minimum absolute atomic E-state index is 0.768. The lowest BCUT2D eigenvalue weighted by atomic mass is 10.0. The van der Waals surface area contributed by atoms with Gasteiger partial charge in [0.15, 0.2) is 9.79 Å². The number of nitrogens with two attached hydrogens (primary N) is 2. The molecule has 4 aromatic rings. The smallest absolute Gasteiger partial charge is 0.158 e. The first kappa shape index (κ1) is 20.1. The highest BCUT2D eigenvalue weighted by Crippen LogP contribution is 2.23. The molecule has 0 aliphatic carbocycles. The molecule has 0 radical (unpaired) electrons. The SMILES string of the molecule is Nc1ccc(Cc2ccc([S+]([O-])c3ccc(Cc4ccc(N)cc4)cc3)cc2)cc1. The zero-order chi connectivity index (χ0) is 20.9. The summed E-state index contributed by atoms with van der Waals surface area (Å²) in [5, 5.41) is 0. The van der Waals surface area contributed by atoms with Crippen LogP contribution in [-0.2, 0) is 24.0 Å². The second-order valence-electron chi connectivity index (χ2n) is 7.39. The number of rotatable bonds is 6. The maximum absolute atomic E-state index is 12.9. The van der Waals surface area contributed by atoms with Gasteiger partial charge in [-0.05, 0) is 83.6 Å². The van der Waals surface area contributed by atoms with Gasteiger partial charge in [-0.3, -0.25) is 0 Å². The van der Waals surface area contributed by atoms with Gasteiger partial charge >= 0.3 is 0 Å². The first-order valence-electron chi connectivity index (χ1n) is 9.85. The van der Waals surface area contributed by atoms with Gasteiger partial charge in [0.05, 0.1) is 0 Å². The van der Waals surface area contributed by atoms with E-state index in [-0.39, 0.29) is 0 Å². The summed E-state index contributed by atoms with van der Waals surface area (Å²) in [6.07, 6.45) is 1.65. The molecule has 0 bridgehead atoms. The first-order valence-corrected chi connectivity index (χ1v) is 11.0. The van der Waals surface area contributed by atoms with Crippen molar-refractivity contribution in [1.82, 2.24) is 0 Å². The molecule has 0 aromatic heterocycles. The highest BCUT2D eigenvalue weighted by atomic mass is 32.2. The number of hydrogen-bond donors (Lipinski definition) is 2. The summed E-state index contributed by atoms with van der Waals surface area (Å²) in [5.74, 6) is 0. The van der Waals surface area contributed by atoms with E-state index in [2.05, 4.69) is 0 Å². The molecule has 0 atom stereocenters. The lowest BCUT2D eigenvalue weighted by Gasteiger charge is -2.11. The molecule has 0 aliphatic rings. The van der Waals surface area contributed by atoms with E-state index < -0.39 is 11.2 Å². The molecule has 0 unspecified atom stereocenters. The van der Waals surface area contributed by atoms with Gasteiger partial charge in [0.2, 0.25) is 0 Å². The van der Waals surface area contributed by atoms with E-state index in [9.17, 15) is 4.55 Å². The van der Waals surface area contributed by atoms with Crippen LogP contribution in [0, 0.1) is 0 Å². The Balaban J connectivity index is 1.41. The minimum Gasteiger partial charge on any atom is -0.606 e. The van der Waals surface area contributed by atoms with Crippen molar-refractivity contribution in [2.75, 3.05) is 11.5 Å². The highest BCUT2D eigenvalue weighted by Gasteiger charge is 2.14. The molecule has 4 N–H and O–H groups in total. The van der Waals surface area contributed by atoms with E-state index in [1.807, 2.05) is 97.1 Å². The van der Waals surface area contributed by atoms with Crippen LogP contribution in [0.4, 0.5) is 11.4 Å². The average molecular weight is 413 g/mol. The van der Waals surface area contributed by atoms with E-state index in [4.69, 9.17) is 11.5 Å². The molecule has 4 aromatic carbocycles. The number of benzene rings is 4. The predicted molar refractivity (Wildman–Crippen MR) is 125 cm³/mol. The zero-order valence-electron chi connectivity index (χ0n) is 16.6. The third kappa shape index (κ3) is 5.03. The monoisotopic (exact) mass is 412 g/mol. The molecular formula is C26H24N2OS. The van der Waals surface area contributed by atoms with E-state index in [0.717, 1.165) is 34.0 Å². The molecule has 3 nitrogen and oxygen atoms in total. The van der Waals surface area contributed by atoms with Crippen molar-refractivity contribution in [3.63, 3.8) is 0 Å². The fourth-order valence-electron chi connectivity index (χ4n) is 3.34. The highest BCUT2D eigenvalue weighted by molar-refractivity contribution is 7.91. The summed E-state index contributed by atoms with van der Waals surface area (Å²) in [4.78, 5) is 1.62. The molecule has 4 rings (SSSR count). The minimum atomic E-state index is -1.20. The largest absolute Gasteiger partial charge is 0.606 e.